The van der Waals surface area contributed by atoms with Crippen LogP contribution in [0.1, 0.15) is 16.8 Å². The Balaban J connectivity index is 1.34. The Bertz CT molecular complexity index is 978. The van der Waals surface area contributed by atoms with Crippen molar-refractivity contribution < 1.29 is 9.18 Å². The first-order chi connectivity index (χ1) is 13.2. The van der Waals surface area contributed by atoms with Gasteiger partial charge in [0, 0.05) is 49.0 Å². The summed E-state index contributed by atoms with van der Waals surface area (Å²) in [6.45, 7) is 1.43. The van der Waals surface area contributed by atoms with Crippen molar-refractivity contribution in [3.63, 3.8) is 0 Å². The van der Waals surface area contributed by atoms with E-state index in [1.165, 1.54) is 12.3 Å². The van der Waals surface area contributed by atoms with E-state index in [1.54, 1.807) is 10.9 Å². The highest BCUT2D eigenvalue weighted by molar-refractivity contribution is 5.96. The van der Waals surface area contributed by atoms with Crippen LogP contribution in [0.5, 0.6) is 0 Å². The van der Waals surface area contributed by atoms with Crippen LogP contribution < -0.4 is 4.90 Å². The van der Waals surface area contributed by atoms with E-state index in [-0.39, 0.29) is 18.0 Å². The maximum absolute atomic E-state index is 13.4. The second kappa shape index (κ2) is 6.19. The average molecular weight is 363 g/mol. The van der Waals surface area contributed by atoms with Crippen LogP contribution in [0.4, 0.5) is 10.1 Å². The molecule has 0 saturated carbocycles. The van der Waals surface area contributed by atoms with Gasteiger partial charge < -0.3 is 9.80 Å². The Morgan fingerprint density at radius 3 is 2.63 bits per heavy atom. The van der Waals surface area contributed by atoms with Crippen molar-refractivity contribution in [1.29, 1.82) is 0 Å². The number of nitrogens with zero attached hydrogens (tertiary/aromatic N) is 5. The zero-order chi connectivity index (χ0) is 18.4. The van der Waals surface area contributed by atoms with Gasteiger partial charge in [-0.3, -0.25) is 4.79 Å². The molecule has 0 N–H and O–H groups in total. The number of halogens is 1. The maximum atomic E-state index is 13.4. The Kier molecular flexibility index (Phi) is 3.67. The quantitative estimate of drug-likeness (QED) is 0.671. The summed E-state index contributed by atoms with van der Waals surface area (Å²) >= 11 is 0. The summed E-state index contributed by atoms with van der Waals surface area (Å²) in [6, 6.07) is 13.0. The summed E-state index contributed by atoms with van der Waals surface area (Å²) in [5, 5.41) is 4.22. The average Bonchev–Trinajstić information content (AvgIpc) is 3.23. The first kappa shape index (κ1) is 16.0. The normalized spacial score (nSPS) is 21.1. The minimum atomic E-state index is -0.477. The Hall–Kier alpha value is -3.22. The number of piperidine rings is 1. The van der Waals surface area contributed by atoms with Crippen LogP contribution in [0.25, 0.3) is 5.69 Å². The third-order valence-electron chi connectivity index (χ3n) is 5.37. The lowest BCUT2D eigenvalue weighted by atomic mass is 9.86. The molecule has 5 heterocycles. The molecule has 2 atom stereocenters. The lowest BCUT2D eigenvalue weighted by Crippen LogP contribution is -2.70. The molecule has 7 heteroatoms. The fraction of sp³-hybridized carbons (Fsp3) is 0.250. The summed E-state index contributed by atoms with van der Waals surface area (Å²) in [5.74, 6) is -0.430. The molecule has 6 rings (SSSR count). The number of piperazine rings is 1. The zero-order valence-electron chi connectivity index (χ0n) is 14.6. The van der Waals surface area contributed by atoms with Gasteiger partial charge in [0.2, 0.25) is 5.95 Å². The van der Waals surface area contributed by atoms with Crippen LogP contribution in [0.15, 0.2) is 61.1 Å². The number of hydrogen-bond donors (Lipinski definition) is 0. The molecule has 3 saturated heterocycles. The zero-order valence-corrected chi connectivity index (χ0v) is 14.6. The number of hydrogen-bond acceptors (Lipinski definition) is 4. The minimum Gasteiger partial charge on any atom is -0.367 e. The van der Waals surface area contributed by atoms with Gasteiger partial charge in [-0.05, 0) is 36.8 Å². The van der Waals surface area contributed by atoms with Crippen molar-refractivity contribution in [2.75, 3.05) is 18.0 Å². The van der Waals surface area contributed by atoms with Gasteiger partial charge in [-0.1, -0.05) is 6.07 Å². The van der Waals surface area contributed by atoms with Gasteiger partial charge in [0.25, 0.3) is 5.91 Å². The van der Waals surface area contributed by atoms with Crippen LogP contribution in [0.3, 0.4) is 0 Å². The summed E-state index contributed by atoms with van der Waals surface area (Å²) in [7, 11) is 0. The highest BCUT2D eigenvalue weighted by atomic mass is 19.1. The molecule has 1 amide bonds. The number of aromatic nitrogens is 3. The predicted molar refractivity (Wildman–Crippen MR) is 98.3 cm³/mol. The number of benzene rings is 1. The molecule has 27 heavy (non-hydrogen) atoms. The smallest absolute Gasteiger partial charge is 0.254 e. The van der Waals surface area contributed by atoms with E-state index in [4.69, 9.17) is 0 Å². The lowest BCUT2D eigenvalue weighted by Gasteiger charge is -2.56. The van der Waals surface area contributed by atoms with E-state index >= 15 is 0 Å². The molecule has 3 aliphatic heterocycles. The third-order valence-corrected chi connectivity index (χ3v) is 5.37. The van der Waals surface area contributed by atoms with Gasteiger partial charge >= 0.3 is 0 Å². The largest absolute Gasteiger partial charge is 0.367 e. The SMILES string of the molecule is O=C(c1cccc(-n2cccn2)c1)N1C2CC1CN(c1ccnc(F)c1)C2. The molecule has 0 spiro atoms. The van der Waals surface area contributed by atoms with Crippen molar-refractivity contribution in [2.45, 2.75) is 18.5 Å². The molecule has 3 aromatic rings. The summed E-state index contributed by atoms with van der Waals surface area (Å²) in [6.07, 6.45) is 6.04. The minimum absolute atomic E-state index is 0.0471. The molecular formula is C20H18FN5O. The Labute approximate surface area is 155 Å². The molecule has 2 unspecified atom stereocenters. The van der Waals surface area contributed by atoms with Gasteiger partial charge in [-0.2, -0.15) is 9.49 Å². The standard InChI is InChI=1S/C20H18FN5O/c21-19-11-15(5-7-22-19)24-12-17-10-18(13-24)26(17)20(27)14-3-1-4-16(9-14)25-8-2-6-23-25/h1-9,11,17-18H,10,12-13H2. The number of fused-ring (bicyclic) bond motifs is 2. The highest BCUT2D eigenvalue weighted by Crippen LogP contribution is 2.36. The van der Waals surface area contributed by atoms with Crippen LogP contribution in [-0.2, 0) is 0 Å². The molecule has 6 nitrogen and oxygen atoms in total. The number of pyridine rings is 1. The van der Waals surface area contributed by atoms with Crippen LogP contribution in [0, 0.1) is 5.95 Å². The van der Waals surface area contributed by atoms with Crippen LogP contribution in [0.2, 0.25) is 0 Å². The number of carbonyl (C=O) groups excluding carboxylic acids is 1. The second-order valence-electron chi connectivity index (χ2n) is 7.00. The van der Waals surface area contributed by atoms with Crippen LogP contribution in [-0.4, -0.2) is 50.7 Å². The van der Waals surface area contributed by atoms with Crippen molar-refractivity contribution in [3.05, 3.63) is 72.6 Å². The number of carbonyl (C=O) groups is 1. The number of amides is 1. The molecule has 2 aromatic heterocycles. The maximum Gasteiger partial charge on any atom is 0.254 e. The fourth-order valence-electron chi connectivity index (χ4n) is 4.09. The topological polar surface area (TPSA) is 54.3 Å². The molecule has 136 valence electrons. The van der Waals surface area contributed by atoms with Crippen molar-refractivity contribution in [1.82, 2.24) is 19.7 Å². The highest BCUT2D eigenvalue weighted by Gasteiger charge is 2.47. The predicted octanol–water partition coefficient (Wildman–Crippen LogP) is 2.51. The number of rotatable bonds is 3. The fourth-order valence-corrected chi connectivity index (χ4v) is 4.09. The first-order valence-corrected chi connectivity index (χ1v) is 8.98. The molecule has 0 aliphatic carbocycles. The van der Waals surface area contributed by atoms with Gasteiger partial charge in [-0.15, -0.1) is 0 Å². The summed E-state index contributed by atoms with van der Waals surface area (Å²) in [5.41, 5.74) is 2.36. The monoisotopic (exact) mass is 363 g/mol. The number of anilines is 1. The van der Waals surface area contributed by atoms with E-state index in [1.807, 2.05) is 47.5 Å². The Morgan fingerprint density at radius 2 is 1.89 bits per heavy atom. The summed E-state index contributed by atoms with van der Waals surface area (Å²) < 4.78 is 15.1. The lowest BCUT2D eigenvalue weighted by molar-refractivity contribution is 0.00591. The first-order valence-electron chi connectivity index (χ1n) is 8.98. The molecule has 2 bridgehead atoms. The second-order valence-corrected chi connectivity index (χ2v) is 7.00. The van der Waals surface area contributed by atoms with Gasteiger partial charge in [0.1, 0.15) is 0 Å². The van der Waals surface area contributed by atoms with E-state index in [0.717, 1.165) is 17.8 Å². The third kappa shape index (κ3) is 2.75. The van der Waals surface area contributed by atoms with Crippen LogP contribution >= 0.6 is 0 Å². The van der Waals surface area contributed by atoms with E-state index in [0.29, 0.717) is 18.7 Å². The molecule has 1 aromatic carbocycles. The van der Waals surface area contributed by atoms with Crippen molar-refractivity contribution >= 4 is 11.6 Å². The Morgan fingerprint density at radius 1 is 1.04 bits per heavy atom. The molecule has 0 radical (unpaired) electrons. The van der Waals surface area contributed by atoms with Gasteiger partial charge in [0.05, 0.1) is 17.8 Å². The van der Waals surface area contributed by atoms with Crippen molar-refractivity contribution in [3.8, 4) is 5.69 Å². The van der Waals surface area contributed by atoms with E-state index in [2.05, 4.69) is 15.0 Å². The van der Waals surface area contributed by atoms with Gasteiger partial charge in [0.15, 0.2) is 0 Å². The molecular weight excluding hydrogens is 345 g/mol. The molecule has 3 fully saturated rings. The molecule has 3 aliphatic rings. The summed E-state index contributed by atoms with van der Waals surface area (Å²) in [4.78, 5) is 20.8. The van der Waals surface area contributed by atoms with Crippen molar-refractivity contribution in [2.24, 2.45) is 0 Å². The van der Waals surface area contributed by atoms with E-state index < -0.39 is 5.95 Å². The van der Waals surface area contributed by atoms with E-state index in [9.17, 15) is 9.18 Å². The van der Waals surface area contributed by atoms with Gasteiger partial charge in [-0.25, -0.2) is 9.67 Å².